The fourth-order valence-electron chi connectivity index (χ4n) is 2.72. The highest BCUT2D eigenvalue weighted by molar-refractivity contribution is 4.79. The lowest BCUT2D eigenvalue weighted by molar-refractivity contribution is 0.0601. The molecule has 96 valence electrons. The lowest BCUT2D eigenvalue weighted by Crippen LogP contribution is -2.41. The molecule has 1 saturated carbocycles. The van der Waals surface area contributed by atoms with Gasteiger partial charge in [-0.15, -0.1) is 0 Å². The Hall–Kier alpha value is -0.120. The van der Waals surface area contributed by atoms with Gasteiger partial charge in [-0.1, -0.05) is 26.2 Å². The molecular formula is C13H27NO2. The molecule has 1 rings (SSSR count). The van der Waals surface area contributed by atoms with E-state index in [0.717, 1.165) is 12.3 Å². The Kier molecular flexibility index (Phi) is 7.01. The van der Waals surface area contributed by atoms with Crippen LogP contribution < -0.4 is 5.32 Å². The summed E-state index contributed by atoms with van der Waals surface area (Å²) in [4.78, 5) is 0. The van der Waals surface area contributed by atoms with E-state index in [1.807, 2.05) is 0 Å². The third-order valence-electron chi connectivity index (χ3n) is 3.63. The molecule has 0 aromatic heterocycles. The Balaban J connectivity index is 2.24. The molecule has 1 fully saturated rings. The molecule has 0 saturated heterocycles. The van der Waals surface area contributed by atoms with Crippen molar-refractivity contribution in [3.8, 4) is 0 Å². The molecule has 3 heteroatoms. The SMILES string of the molecule is CCC(NCC(O)COC)C1CCCCC1. The minimum atomic E-state index is -0.373. The summed E-state index contributed by atoms with van der Waals surface area (Å²) in [6, 6.07) is 0.576. The highest BCUT2D eigenvalue weighted by Crippen LogP contribution is 2.27. The molecule has 1 aliphatic carbocycles. The van der Waals surface area contributed by atoms with E-state index in [2.05, 4.69) is 12.2 Å². The Bertz CT molecular complexity index is 169. The third kappa shape index (κ3) is 4.81. The number of nitrogens with one attached hydrogen (secondary N) is 1. The molecule has 1 aliphatic rings. The Morgan fingerprint density at radius 1 is 1.31 bits per heavy atom. The van der Waals surface area contributed by atoms with E-state index in [4.69, 9.17) is 4.74 Å². The van der Waals surface area contributed by atoms with Crippen molar-refractivity contribution < 1.29 is 9.84 Å². The lowest BCUT2D eigenvalue weighted by atomic mass is 9.83. The van der Waals surface area contributed by atoms with E-state index < -0.39 is 0 Å². The highest BCUT2D eigenvalue weighted by Gasteiger charge is 2.22. The van der Waals surface area contributed by atoms with Crippen molar-refractivity contribution in [2.75, 3.05) is 20.3 Å². The smallest absolute Gasteiger partial charge is 0.0897 e. The quantitative estimate of drug-likeness (QED) is 0.701. The van der Waals surface area contributed by atoms with Gasteiger partial charge in [0.2, 0.25) is 0 Å². The predicted molar refractivity (Wildman–Crippen MR) is 66.5 cm³/mol. The van der Waals surface area contributed by atoms with Crippen LogP contribution >= 0.6 is 0 Å². The molecule has 0 aromatic rings. The molecule has 2 atom stereocenters. The maximum atomic E-state index is 9.60. The average molecular weight is 229 g/mol. The monoisotopic (exact) mass is 229 g/mol. The second-order valence-electron chi connectivity index (χ2n) is 4.93. The fourth-order valence-corrected chi connectivity index (χ4v) is 2.72. The van der Waals surface area contributed by atoms with Crippen molar-refractivity contribution in [3.63, 3.8) is 0 Å². The fraction of sp³-hybridized carbons (Fsp3) is 1.00. The van der Waals surface area contributed by atoms with Gasteiger partial charge in [-0.25, -0.2) is 0 Å². The minimum Gasteiger partial charge on any atom is -0.389 e. The van der Waals surface area contributed by atoms with Crippen molar-refractivity contribution in [1.82, 2.24) is 5.32 Å². The first-order valence-corrected chi connectivity index (χ1v) is 6.68. The van der Waals surface area contributed by atoms with Gasteiger partial charge in [-0.05, 0) is 25.2 Å². The van der Waals surface area contributed by atoms with Gasteiger partial charge in [0.1, 0.15) is 0 Å². The highest BCUT2D eigenvalue weighted by atomic mass is 16.5. The summed E-state index contributed by atoms with van der Waals surface area (Å²) in [5.74, 6) is 0.813. The number of hydrogen-bond acceptors (Lipinski definition) is 3. The van der Waals surface area contributed by atoms with Crippen molar-refractivity contribution in [2.45, 2.75) is 57.6 Å². The van der Waals surface area contributed by atoms with Crippen LogP contribution in [0, 0.1) is 5.92 Å². The Labute approximate surface area is 99.6 Å². The molecule has 0 heterocycles. The molecule has 3 nitrogen and oxygen atoms in total. The first-order chi connectivity index (χ1) is 7.77. The number of rotatable bonds is 7. The second-order valence-corrected chi connectivity index (χ2v) is 4.93. The summed E-state index contributed by atoms with van der Waals surface area (Å²) in [5, 5.41) is 13.1. The van der Waals surface area contributed by atoms with Crippen LogP contribution in [-0.4, -0.2) is 37.5 Å². The molecule has 0 radical (unpaired) electrons. The first-order valence-electron chi connectivity index (χ1n) is 6.68. The molecule has 0 amide bonds. The van der Waals surface area contributed by atoms with E-state index >= 15 is 0 Å². The zero-order valence-electron chi connectivity index (χ0n) is 10.7. The van der Waals surface area contributed by atoms with Crippen LogP contribution in [0.3, 0.4) is 0 Å². The molecule has 16 heavy (non-hydrogen) atoms. The van der Waals surface area contributed by atoms with Crippen LogP contribution in [0.2, 0.25) is 0 Å². The van der Waals surface area contributed by atoms with Gasteiger partial charge in [0.05, 0.1) is 12.7 Å². The zero-order valence-corrected chi connectivity index (χ0v) is 10.7. The normalized spacial score (nSPS) is 21.9. The van der Waals surface area contributed by atoms with Gasteiger partial charge in [0.25, 0.3) is 0 Å². The van der Waals surface area contributed by atoms with E-state index in [1.165, 1.54) is 32.1 Å². The molecule has 0 aliphatic heterocycles. The molecule has 0 aromatic carbocycles. The molecule has 0 spiro atoms. The summed E-state index contributed by atoms with van der Waals surface area (Å²) in [6.07, 6.45) is 7.65. The minimum absolute atomic E-state index is 0.373. The molecular weight excluding hydrogens is 202 g/mol. The summed E-state index contributed by atoms with van der Waals surface area (Å²) >= 11 is 0. The molecule has 2 N–H and O–H groups in total. The number of methoxy groups -OCH3 is 1. The largest absolute Gasteiger partial charge is 0.389 e. The predicted octanol–water partition coefficient (Wildman–Crippen LogP) is 1.94. The van der Waals surface area contributed by atoms with Gasteiger partial charge in [0.15, 0.2) is 0 Å². The van der Waals surface area contributed by atoms with Crippen LogP contribution in [0.4, 0.5) is 0 Å². The summed E-state index contributed by atoms with van der Waals surface area (Å²) in [6.45, 7) is 3.31. The summed E-state index contributed by atoms with van der Waals surface area (Å²) in [7, 11) is 1.63. The van der Waals surface area contributed by atoms with Crippen molar-refractivity contribution in [3.05, 3.63) is 0 Å². The average Bonchev–Trinajstić information content (AvgIpc) is 2.31. The van der Waals surface area contributed by atoms with E-state index in [-0.39, 0.29) is 6.10 Å². The maximum Gasteiger partial charge on any atom is 0.0897 e. The topological polar surface area (TPSA) is 41.5 Å². The van der Waals surface area contributed by atoms with Gasteiger partial charge in [-0.3, -0.25) is 0 Å². The lowest BCUT2D eigenvalue weighted by Gasteiger charge is -2.31. The van der Waals surface area contributed by atoms with E-state index in [9.17, 15) is 5.11 Å². The first kappa shape index (κ1) is 13.9. The van der Waals surface area contributed by atoms with Gasteiger partial charge < -0.3 is 15.2 Å². The van der Waals surface area contributed by atoms with Crippen molar-refractivity contribution >= 4 is 0 Å². The number of aliphatic hydroxyl groups is 1. The standard InChI is InChI=1S/C13H27NO2/c1-3-13(11-7-5-4-6-8-11)14-9-12(15)10-16-2/h11-15H,3-10H2,1-2H3. The molecule has 0 bridgehead atoms. The van der Waals surface area contributed by atoms with Crippen molar-refractivity contribution in [1.29, 1.82) is 0 Å². The van der Waals surface area contributed by atoms with Crippen LogP contribution in [0.25, 0.3) is 0 Å². The van der Waals surface area contributed by atoms with Gasteiger partial charge in [0, 0.05) is 19.7 Å². The van der Waals surface area contributed by atoms with Crippen LogP contribution in [0.1, 0.15) is 45.4 Å². The third-order valence-corrected chi connectivity index (χ3v) is 3.63. The maximum absolute atomic E-state index is 9.60. The van der Waals surface area contributed by atoms with Crippen molar-refractivity contribution in [2.24, 2.45) is 5.92 Å². The van der Waals surface area contributed by atoms with Gasteiger partial charge in [-0.2, -0.15) is 0 Å². The number of ether oxygens (including phenoxy) is 1. The van der Waals surface area contributed by atoms with E-state index in [0.29, 0.717) is 19.2 Å². The van der Waals surface area contributed by atoms with Gasteiger partial charge >= 0.3 is 0 Å². The zero-order chi connectivity index (χ0) is 11.8. The van der Waals surface area contributed by atoms with Crippen LogP contribution in [0.15, 0.2) is 0 Å². The number of hydrogen-bond donors (Lipinski definition) is 2. The summed E-state index contributed by atoms with van der Waals surface area (Å²) < 4.78 is 4.93. The summed E-state index contributed by atoms with van der Waals surface area (Å²) in [5.41, 5.74) is 0. The van der Waals surface area contributed by atoms with E-state index in [1.54, 1.807) is 7.11 Å². The second kappa shape index (κ2) is 8.04. The molecule has 2 unspecified atom stereocenters. The Morgan fingerprint density at radius 3 is 2.56 bits per heavy atom. The Morgan fingerprint density at radius 2 is 2.00 bits per heavy atom. The number of aliphatic hydroxyl groups excluding tert-OH is 1. The van der Waals surface area contributed by atoms with Crippen LogP contribution in [0.5, 0.6) is 0 Å². The van der Waals surface area contributed by atoms with Crippen LogP contribution in [-0.2, 0) is 4.74 Å².